The van der Waals surface area contributed by atoms with Crippen LogP contribution in [-0.2, 0) is 14.3 Å². The molecule has 2 heterocycles. The number of nitrogens with one attached hydrogen (secondary N) is 1. The largest absolute Gasteiger partial charge is 0.575 e. The number of ether oxygens (including phenoxy) is 3. The summed E-state index contributed by atoms with van der Waals surface area (Å²) in [5.41, 5.74) is -4.12. The minimum Gasteiger partial charge on any atom is -0.575 e. The fourth-order valence-corrected chi connectivity index (χ4v) is 4.01. The van der Waals surface area contributed by atoms with Crippen LogP contribution in [-0.4, -0.2) is 58.3 Å². The van der Waals surface area contributed by atoms with Gasteiger partial charge < -0.3 is 24.2 Å². The molecule has 1 aliphatic rings. The Morgan fingerprint density at radius 1 is 1.40 bits per heavy atom. The van der Waals surface area contributed by atoms with Gasteiger partial charge >= 0.3 is 19.8 Å². The monoisotopic (exact) mass is 517 g/mol. The predicted molar refractivity (Wildman–Crippen MR) is 114 cm³/mol. The number of alkyl halides is 1. The number of rotatable bonds is 8. The number of carbonyl (C=O) groups excluding carboxylic acids is 1. The molecule has 35 heavy (non-hydrogen) atoms. The maximum absolute atomic E-state index is 15.3. The zero-order valence-corrected chi connectivity index (χ0v) is 19.6. The summed E-state index contributed by atoms with van der Waals surface area (Å²) >= 11 is 0. The molecule has 2 aromatic rings. The fourth-order valence-electron chi connectivity index (χ4n) is 3.27. The number of carbonyl (C=O) groups is 1. The first-order valence-corrected chi connectivity index (χ1v) is 11.3. The van der Waals surface area contributed by atoms with Crippen molar-refractivity contribution in [1.82, 2.24) is 9.55 Å². The van der Waals surface area contributed by atoms with Gasteiger partial charge in [-0.25, -0.2) is 18.4 Å². The number of hydrogen-bond acceptors (Lipinski definition) is 10. The fraction of sp³-hybridized carbons (Fsp3) is 0.450. The quantitative estimate of drug-likeness (QED) is 0.376. The lowest BCUT2D eigenvalue weighted by Crippen LogP contribution is -2.43. The van der Waals surface area contributed by atoms with Crippen LogP contribution in [0, 0.1) is 5.82 Å². The highest BCUT2D eigenvalue weighted by molar-refractivity contribution is 7.34. The third-order valence-electron chi connectivity index (χ3n) is 5.12. The summed E-state index contributed by atoms with van der Waals surface area (Å²) in [5, 5.41) is 10.4. The molecule has 0 amide bonds. The number of aromatic nitrogens is 2. The molecule has 0 saturated carbocycles. The van der Waals surface area contributed by atoms with E-state index in [1.54, 1.807) is 0 Å². The average molecular weight is 517 g/mol. The van der Waals surface area contributed by atoms with E-state index in [1.807, 2.05) is 4.98 Å². The van der Waals surface area contributed by atoms with Gasteiger partial charge in [0.1, 0.15) is 24.6 Å². The standard InChI is InChI=1S/C20H22F2N3O9P/c1-10(17(28)31-3)24-35(30)34-12-5-4-11(21)8-13(12)32-9-14-16(27)20(2,22)18(33-14)25-7-6-15(26)23-19(25)29/h4-8,10,14,16,18,27H,9H2,1-3H3,(H,23,26,29)/t10-,14+,16+,18+,20+/m0/s1. The van der Waals surface area contributed by atoms with Gasteiger partial charge in [0.2, 0.25) is 5.75 Å². The summed E-state index contributed by atoms with van der Waals surface area (Å²) < 4.78 is 54.1. The number of methoxy groups -OCH3 is 1. The van der Waals surface area contributed by atoms with E-state index in [2.05, 4.69) is 9.48 Å². The number of aromatic amines is 1. The van der Waals surface area contributed by atoms with Gasteiger partial charge in [-0.15, -0.1) is 0 Å². The Labute approximate surface area is 197 Å². The molecule has 1 aliphatic heterocycles. The van der Waals surface area contributed by atoms with Crippen molar-refractivity contribution < 1.29 is 42.3 Å². The molecule has 0 aliphatic carbocycles. The lowest BCUT2D eigenvalue weighted by atomic mass is 9.98. The molecule has 0 spiro atoms. The normalized spacial score (nSPS) is 25.2. The first-order valence-electron chi connectivity index (χ1n) is 10.1. The molecule has 1 aromatic carbocycles. The van der Waals surface area contributed by atoms with Crippen molar-refractivity contribution in [2.24, 2.45) is 4.74 Å². The van der Waals surface area contributed by atoms with Gasteiger partial charge in [-0.2, -0.15) is 0 Å². The highest BCUT2D eigenvalue weighted by Gasteiger charge is 2.55. The first-order chi connectivity index (χ1) is 16.4. The lowest BCUT2D eigenvalue weighted by molar-refractivity contribution is -0.169. The van der Waals surface area contributed by atoms with E-state index in [4.69, 9.17) is 14.0 Å². The minimum atomic E-state index is -2.79. The van der Waals surface area contributed by atoms with Crippen LogP contribution in [0.2, 0.25) is 0 Å². The third kappa shape index (κ3) is 5.90. The number of esters is 1. The van der Waals surface area contributed by atoms with Crippen molar-refractivity contribution in [3.8, 4) is 11.5 Å². The summed E-state index contributed by atoms with van der Waals surface area (Å²) in [4.78, 5) is 48.9. The van der Waals surface area contributed by atoms with Crippen LogP contribution in [0.1, 0.15) is 20.1 Å². The van der Waals surface area contributed by atoms with Gasteiger partial charge in [-0.05, 0) is 26.0 Å². The molecule has 0 bridgehead atoms. The van der Waals surface area contributed by atoms with Crippen LogP contribution in [0.3, 0.4) is 0 Å². The number of H-pyrrole nitrogens is 1. The molecular formula is C20H22F2N3O9P. The second kappa shape index (κ2) is 10.6. The van der Waals surface area contributed by atoms with Crippen molar-refractivity contribution in [1.29, 1.82) is 0 Å². The zero-order valence-electron chi connectivity index (χ0n) is 18.7. The summed E-state index contributed by atoms with van der Waals surface area (Å²) in [6, 6.07) is 2.88. The van der Waals surface area contributed by atoms with Gasteiger partial charge in [-0.3, -0.25) is 18.9 Å². The van der Waals surface area contributed by atoms with Crippen LogP contribution in [0.5, 0.6) is 11.5 Å². The molecule has 1 fully saturated rings. The number of halogens is 2. The van der Waals surface area contributed by atoms with Crippen molar-refractivity contribution in [2.45, 2.75) is 44.0 Å². The van der Waals surface area contributed by atoms with Crippen molar-refractivity contribution in [3.63, 3.8) is 0 Å². The van der Waals surface area contributed by atoms with E-state index < -0.39 is 68.0 Å². The maximum atomic E-state index is 15.3. The Balaban J connectivity index is 1.77. The Kier molecular flexibility index (Phi) is 8.00. The predicted octanol–water partition coefficient (Wildman–Crippen LogP) is 0.537. The Hall–Kier alpha value is -3.19. The summed E-state index contributed by atoms with van der Waals surface area (Å²) in [7, 11) is -1.65. The van der Waals surface area contributed by atoms with Gasteiger partial charge in [0.15, 0.2) is 23.7 Å². The van der Waals surface area contributed by atoms with E-state index in [9.17, 15) is 28.8 Å². The van der Waals surface area contributed by atoms with Crippen LogP contribution < -0.4 is 25.4 Å². The van der Waals surface area contributed by atoms with E-state index in [0.29, 0.717) is 0 Å². The third-order valence-corrected chi connectivity index (χ3v) is 6.00. The van der Waals surface area contributed by atoms with Crippen LogP contribution >= 0.6 is 8.17 Å². The van der Waals surface area contributed by atoms with Gasteiger partial charge in [0.25, 0.3) is 5.56 Å². The van der Waals surface area contributed by atoms with Crippen molar-refractivity contribution in [2.75, 3.05) is 13.7 Å². The van der Waals surface area contributed by atoms with Crippen LogP contribution in [0.15, 0.2) is 44.8 Å². The second-order valence-electron chi connectivity index (χ2n) is 7.69. The highest BCUT2D eigenvalue weighted by Crippen LogP contribution is 2.41. The van der Waals surface area contributed by atoms with E-state index in [1.165, 1.54) is 6.92 Å². The molecule has 2 N–H and O–H groups in total. The van der Waals surface area contributed by atoms with Gasteiger partial charge in [0.05, 0.1) is 7.11 Å². The smallest absolute Gasteiger partial charge is 0.395 e. The summed E-state index contributed by atoms with van der Waals surface area (Å²) in [6.07, 6.45) is -3.70. The van der Waals surface area contributed by atoms with E-state index >= 15 is 4.39 Å². The topological polar surface area (TPSA) is 164 Å². The molecule has 3 rings (SSSR count). The molecule has 15 heteroatoms. The van der Waals surface area contributed by atoms with Crippen molar-refractivity contribution >= 4 is 14.1 Å². The molecule has 1 saturated heterocycles. The molecule has 190 valence electrons. The van der Waals surface area contributed by atoms with Gasteiger partial charge in [-0.1, -0.05) is 4.74 Å². The second-order valence-corrected chi connectivity index (χ2v) is 8.58. The van der Waals surface area contributed by atoms with Gasteiger partial charge in [0, 0.05) is 18.3 Å². The first kappa shape index (κ1) is 26.4. The van der Waals surface area contributed by atoms with Crippen LogP contribution in [0.25, 0.3) is 0 Å². The molecule has 6 atom stereocenters. The lowest BCUT2D eigenvalue weighted by Gasteiger charge is -2.24. The molecule has 1 aromatic heterocycles. The molecule has 12 nitrogen and oxygen atoms in total. The molecular weight excluding hydrogens is 495 g/mol. The molecule has 1 unspecified atom stereocenters. The number of aliphatic hydroxyl groups excluding tert-OH is 1. The Morgan fingerprint density at radius 2 is 2.11 bits per heavy atom. The average Bonchev–Trinajstić information content (AvgIpc) is 3.02. The van der Waals surface area contributed by atoms with Crippen molar-refractivity contribution in [3.05, 3.63) is 57.1 Å². The Morgan fingerprint density at radius 3 is 2.77 bits per heavy atom. The molecule has 0 radical (unpaired) electrons. The Bertz CT molecular complexity index is 1230. The minimum absolute atomic E-state index is 0.211. The number of benzene rings is 1. The van der Waals surface area contributed by atoms with E-state index in [-0.39, 0.29) is 11.5 Å². The number of aliphatic hydroxyl groups is 1. The van der Waals surface area contributed by atoms with Crippen LogP contribution in [0.4, 0.5) is 8.78 Å². The maximum Gasteiger partial charge on any atom is 0.395 e. The highest BCUT2D eigenvalue weighted by atomic mass is 31.1. The summed E-state index contributed by atoms with van der Waals surface area (Å²) in [5.74, 6) is -1.97. The number of hydrogen-bond donors (Lipinski definition) is 2. The summed E-state index contributed by atoms with van der Waals surface area (Å²) in [6.45, 7) is 1.81. The zero-order chi connectivity index (χ0) is 25.9. The number of nitrogens with zero attached hydrogens (tertiary/aromatic N) is 2. The SMILES string of the molecule is COC(=O)[C@H](C)/N=[P+](\[O-])Oc1ccc(F)cc1OC[C@H]1O[C@@H](n2ccc(=O)[nH]c2=O)[C@](C)(F)[C@@H]1O. The van der Waals surface area contributed by atoms with E-state index in [0.717, 1.165) is 49.1 Å².